The average Bonchev–Trinajstić information content (AvgIpc) is 3.31. The summed E-state index contributed by atoms with van der Waals surface area (Å²) in [7, 11) is 0. The average molecular weight is 473 g/mol. The van der Waals surface area contributed by atoms with Crippen LogP contribution in [0.15, 0.2) is 35.3 Å². The van der Waals surface area contributed by atoms with E-state index in [1.165, 1.54) is 16.7 Å². The van der Waals surface area contributed by atoms with Gasteiger partial charge in [-0.15, -0.1) is 0 Å². The van der Waals surface area contributed by atoms with Crippen molar-refractivity contribution in [1.29, 1.82) is 0 Å². The van der Waals surface area contributed by atoms with Crippen LogP contribution in [0.4, 0.5) is 19.0 Å². The van der Waals surface area contributed by atoms with Gasteiger partial charge in [0.2, 0.25) is 5.82 Å². The molecule has 9 heteroatoms. The van der Waals surface area contributed by atoms with Gasteiger partial charge in [0.15, 0.2) is 0 Å². The molecule has 1 saturated heterocycles. The molecule has 0 spiro atoms. The van der Waals surface area contributed by atoms with Gasteiger partial charge in [-0.1, -0.05) is 18.2 Å². The van der Waals surface area contributed by atoms with Gasteiger partial charge in [0.05, 0.1) is 5.39 Å². The number of hydrogen-bond acceptors (Lipinski definition) is 5. The molecule has 2 aliphatic rings. The standard InChI is InChI=1S/C25H27F3N4O2/c1-14(16-6-4-7-17(12-16)25(27,28)19-8-5-11-34-19)29-22-18-13-32(24(3)9-10-24)23(33)20(26)21(18)30-15(2)31-22/h4,6-7,12-14,19H,5,8-11H2,1-3H3,(H,29,30,31)/t14-,19?/m1/s1. The normalized spacial score (nSPS) is 20.5. The molecule has 1 aliphatic heterocycles. The second-order valence-electron chi connectivity index (χ2n) is 9.61. The van der Waals surface area contributed by atoms with Crippen molar-refractivity contribution in [3.8, 4) is 0 Å². The van der Waals surface area contributed by atoms with E-state index in [1.54, 1.807) is 25.3 Å². The van der Waals surface area contributed by atoms with Crippen LogP contribution in [0.5, 0.6) is 0 Å². The van der Waals surface area contributed by atoms with Gasteiger partial charge in [-0.2, -0.15) is 13.2 Å². The van der Waals surface area contributed by atoms with E-state index in [4.69, 9.17) is 4.74 Å². The maximum absolute atomic E-state index is 15.0. The number of hydrogen-bond donors (Lipinski definition) is 1. The fourth-order valence-electron chi connectivity index (χ4n) is 4.55. The van der Waals surface area contributed by atoms with Crippen molar-refractivity contribution in [2.24, 2.45) is 0 Å². The second-order valence-corrected chi connectivity index (χ2v) is 9.61. The molecule has 6 nitrogen and oxygen atoms in total. The molecule has 0 radical (unpaired) electrons. The highest BCUT2D eigenvalue weighted by molar-refractivity contribution is 5.89. The number of pyridine rings is 1. The highest BCUT2D eigenvalue weighted by Gasteiger charge is 2.44. The molecule has 2 fully saturated rings. The molecule has 2 aromatic heterocycles. The lowest BCUT2D eigenvalue weighted by molar-refractivity contribution is -0.122. The molecule has 0 bridgehead atoms. The number of rotatable bonds is 6. The molecule has 34 heavy (non-hydrogen) atoms. The summed E-state index contributed by atoms with van der Waals surface area (Å²) in [6.07, 6.45) is 3.00. The Kier molecular flexibility index (Phi) is 5.42. The van der Waals surface area contributed by atoms with Crippen LogP contribution < -0.4 is 10.9 Å². The smallest absolute Gasteiger partial charge is 0.298 e. The Morgan fingerprint density at radius 3 is 2.74 bits per heavy atom. The van der Waals surface area contributed by atoms with E-state index >= 15 is 4.39 Å². The Morgan fingerprint density at radius 2 is 2.06 bits per heavy atom. The van der Waals surface area contributed by atoms with Crippen LogP contribution in [0, 0.1) is 12.7 Å². The fourth-order valence-corrected chi connectivity index (χ4v) is 4.55. The first-order valence-corrected chi connectivity index (χ1v) is 11.6. The maximum atomic E-state index is 15.0. The van der Waals surface area contributed by atoms with Gasteiger partial charge in [0.25, 0.3) is 11.5 Å². The number of halogens is 3. The summed E-state index contributed by atoms with van der Waals surface area (Å²) in [5, 5.41) is 3.60. The molecule has 5 rings (SSSR count). The predicted octanol–water partition coefficient (Wildman–Crippen LogP) is 5.19. The first-order chi connectivity index (χ1) is 16.1. The number of ether oxygens (including phenoxy) is 1. The largest absolute Gasteiger partial charge is 0.372 e. The molecule has 1 N–H and O–H groups in total. The number of aryl methyl sites for hydroxylation is 1. The third kappa shape index (κ3) is 3.85. The molecule has 1 saturated carbocycles. The van der Waals surface area contributed by atoms with E-state index in [1.807, 2.05) is 13.8 Å². The lowest BCUT2D eigenvalue weighted by Gasteiger charge is -2.24. The third-order valence-electron chi connectivity index (χ3n) is 6.94. The van der Waals surface area contributed by atoms with Crippen molar-refractivity contribution in [2.75, 3.05) is 11.9 Å². The van der Waals surface area contributed by atoms with Gasteiger partial charge in [-0.3, -0.25) is 4.79 Å². The van der Waals surface area contributed by atoms with Crippen LogP contribution in [0.25, 0.3) is 10.9 Å². The Bertz CT molecular complexity index is 1310. The first-order valence-electron chi connectivity index (χ1n) is 11.6. The quantitative estimate of drug-likeness (QED) is 0.535. The summed E-state index contributed by atoms with van der Waals surface area (Å²) >= 11 is 0. The minimum Gasteiger partial charge on any atom is -0.372 e. The fraction of sp³-hybridized carbons (Fsp3) is 0.480. The van der Waals surface area contributed by atoms with Crippen molar-refractivity contribution >= 4 is 16.7 Å². The summed E-state index contributed by atoms with van der Waals surface area (Å²) in [5.41, 5.74) is -0.638. The van der Waals surface area contributed by atoms with E-state index in [9.17, 15) is 13.6 Å². The molecule has 3 aromatic rings. The van der Waals surface area contributed by atoms with Gasteiger partial charge in [-0.25, -0.2) is 9.97 Å². The van der Waals surface area contributed by atoms with Gasteiger partial charge < -0.3 is 14.6 Å². The van der Waals surface area contributed by atoms with Gasteiger partial charge >= 0.3 is 0 Å². The zero-order valence-electron chi connectivity index (χ0n) is 19.4. The number of nitrogens with one attached hydrogen (secondary N) is 1. The minimum absolute atomic E-state index is 0.0497. The highest BCUT2D eigenvalue weighted by atomic mass is 19.3. The number of nitrogens with zero attached hydrogens (tertiary/aromatic N) is 3. The molecule has 3 heterocycles. The number of fused-ring (bicyclic) bond motifs is 1. The zero-order valence-corrected chi connectivity index (χ0v) is 19.4. The lowest BCUT2D eigenvalue weighted by Crippen LogP contribution is -2.30. The monoisotopic (exact) mass is 472 g/mol. The number of anilines is 1. The van der Waals surface area contributed by atoms with E-state index in [0.717, 1.165) is 12.8 Å². The SMILES string of the molecule is Cc1nc(N[C@H](C)c2cccc(C(F)(F)C3CCCO3)c2)c2cn(C3(C)CC3)c(=O)c(F)c2n1. The Morgan fingerprint density at radius 1 is 1.29 bits per heavy atom. The van der Waals surface area contributed by atoms with Crippen LogP contribution in [0.2, 0.25) is 0 Å². The molecular weight excluding hydrogens is 445 g/mol. The van der Waals surface area contributed by atoms with Gasteiger partial charge in [0.1, 0.15) is 23.3 Å². The van der Waals surface area contributed by atoms with E-state index in [-0.39, 0.29) is 11.1 Å². The molecule has 180 valence electrons. The summed E-state index contributed by atoms with van der Waals surface area (Å²) in [5.74, 6) is -3.36. The van der Waals surface area contributed by atoms with Crippen LogP contribution in [-0.2, 0) is 16.2 Å². The van der Waals surface area contributed by atoms with E-state index in [0.29, 0.717) is 42.0 Å². The summed E-state index contributed by atoms with van der Waals surface area (Å²) < 4.78 is 51.7. The third-order valence-corrected chi connectivity index (χ3v) is 6.94. The van der Waals surface area contributed by atoms with Crippen LogP contribution in [-0.4, -0.2) is 27.2 Å². The molecular formula is C25H27F3N4O2. The van der Waals surface area contributed by atoms with Crippen molar-refractivity contribution in [3.05, 3.63) is 63.6 Å². The van der Waals surface area contributed by atoms with Gasteiger partial charge in [-0.05, 0) is 58.1 Å². The van der Waals surface area contributed by atoms with Crippen molar-refractivity contribution < 1.29 is 17.9 Å². The topological polar surface area (TPSA) is 69.0 Å². The second kappa shape index (κ2) is 8.08. The minimum atomic E-state index is -3.09. The highest BCUT2D eigenvalue weighted by Crippen LogP contribution is 2.43. The van der Waals surface area contributed by atoms with Crippen molar-refractivity contribution in [3.63, 3.8) is 0 Å². The van der Waals surface area contributed by atoms with Crippen LogP contribution >= 0.6 is 0 Å². The first kappa shape index (κ1) is 22.8. The molecule has 1 aliphatic carbocycles. The van der Waals surface area contributed by atoms with E-state index < -0.39 is 35.0 Å². The van der Waals surface area contributed by atoms with E-state index in [2.05, 4.69) is 15.3 Å². The summed E-state index contributed by atoms with van der Waals surface area (Å²) in [6.45, 7) is 5.69. The maximum Gasteiger partial charge on any atom is 0.298 e. The molecule has 1 aromatic carbocycles. The molecule has 2 atom stereocenters. The zero-order chi connectivity index (χ0) is 24.3. The number of benzene rings is 1. The lowest BCUT2D eigenvalue weighted by atomic mass is 9.97. The molecule has 0 amide bonds. The Hall–Kier alpha value is -2.94. The number of aromatic nitrogens is 3. The predicted molar refractivity (Wildman–Crippen MR) is 123 cm³/mol. The number of alkyl halides is 2. The van der Waals surface area contributed by atoms with Gasteiger partial charge in [0, 0.05) is 29.9 Å². The van der Waals surface area contributed by atoms with Crippen LogP contribution in [0.3, 0.4) is 0 Å². The molecule has 1 unspecified atom stereocenters. The Balaban J connectivity index is 1.51. The van der Waals surface area contributed by atoms with Crippen LogP contribution in [0.1, 0.15) is 62.5 Å². The summed E-state index contributed by atoms with van der Waals surface area (Å²) in [4.78, 5) is 21.2. The van der Waals surface area contributed by atoms with Crippen molar-refractivity contribution in [1.82, 2.24) is 14.5 Å². The summed E-state index contributed by atoms with van der Waals surface area (Å²) in [6, 6.07) is 5.81. The Labute approximate surface area is 195 Å². The van der Waals surface area contributed by atoms with Crippen molar-refractivity contribution in [2.45, 2.75) is 70.1 Å².